The maximum absolute atomic E-state index is 17.8. The number of ketones is 1. The number of benzene rings is 1. The normalized spacial score (nSPS) is 40.8. The highest BCUT2D eigenvalue weighted by Crippen LogP contribution is 2.71. The Morgan fingerprint density at radius 2 is 2.00 bits per heavy atom. The molecule has 9 atom stereocenters. The molecule has 4 aliphatic rings. The van der Waals surface area contributed by atoms with E-state index in [0.717, 1.165) is 28.6 Å². The van der Waals surface area contributed by atoms with E-state index in [0.29, 0.717) is 32.2 Å². The van der Waals surface area contributed by atoms with E-state index in [9.17, 15) is 20.1 Å². The fourth-order valence-corrected chi connectivity index (χ4v) is 9.54. The summed E-state index contributed by atoms with van der Waals surface area (Å²) in [6, 6.07) is 8.42. The van der Waals surface area contributed by atoms with Gasteiger partial charge in [0.1, 0.15) is 17.9 Å². The number of halogens is 1. The number of aliphatic hydroxyl groups excluding tert-OH is 2. The molecule has 0 saturated heterocycles. The number of hydrogen-bond acceptors (Lipinski definition) is 5. The SMILES string of the molecule is C[C@@H]1C[C@H]2[C@@H]3CCC4=Cc5nn(Cc6cccc(CP)c6)cc5C[C@]4(C)[C@@]3(F)[C@@H](O)C[C@]2(C)[C@@]1(O)C(=O)CO. The van der Waals surface area contributed by atoms with Gasteiger partial charge < -0.3 is 15.3 Å². The predicted molar refractivity (Wildman–Crippen MR) is 151 cm³/mol. The molecular weight excluding hydrogens is 514 g/mol. The van der Waals surface area contributed by atoms with Crippen LogP contribution in [0.1, 0.15) is 68.8 Å². The third-order valence-electron chi connectivity index (χ3n) is 11.3. The van der Waals surface area contributed by atoms with E-state index in [-0.39, 0.29) is 12.3 Å². The van der Waals surface area contributed by atoms with Crippen molar-refractivity contribution in [1.82, 2.24) is 9.78 Å². The maximum atomic E-state index is 17.8. The highest BCUT2D eigenvalue weighted by atomic mass is 31.0. The molecule has 210 valence electrons. The zero-order valence-electron chi connectivity index (χ0n) is 23.0. The van der Waals surface area contributed by atoms with Crippen LogP contribution in [0, 0.1) is 28.6 Å². The second-order valence-electron chi connectivity index (χ2n) is 13.1. The number of aliphatic hydroxyl groups is 3. The Bertz CT molecular complexity index is 1360. The summed E-state index contributed by atoms with van der Waals surface area (Å²) in [4.78, 5) is 12.9. The molecule has 39 heavy (non-hydrogen) atoms. The number of carbonyl (C=O) groups is 1. The summed E-state index contributed by atoms with van der Waals surface area (Å²) in [6.45, 7) is 5.45. The van der Waals surface area contributed by atoms with E-state index in [2.05, 4.69) is 33.5 Å². The molecule has 0 bridgehead atoms. The average molecular weight is 555 g/mol. The zero-order valence-corrected chi connectivity index (χ0v) is 24.2. The molecule has 4 aliphatic carbocycles. The first kappa shape index (κ1) is 27.3. The summed E-state index contributed by atoms with van der Waals surface area (Å²) in [6.07, 6.45) is 5.77. The minimum absolute atomic E-state index is 0.0156. The molecule has 1 unspecified atom stereocenters. The summed E-state index contributed by atoms with van der Waals surface area (Å²) < 4.78 is 19.7. The van der Waals surface area contributed by atoms with Crippen LogP contribution >= 0.6 is 9.24 Å². The Balaban J connectivity index is 1.34. The topological polar surface area (TPSA) is 95.6 Å². The fraction of sp³-hybridized carbons (Fsp3) is 0.613. The van der Waals surface area contributed by atoms with Crippen LogP contribution in [0.25, 0.3) is 6.08 Å². The minimum atomic E-state index is -1.90. The Hall–Kier alpha value is -1.92. The Morgan fingerprint density at radius 3 is 2.72 bits per heavy atom. The minimum Gasteiger partial charge on any atom is -0.390 e. The number of fused-ring (bicyclic) bond motifs is 6. The molecule has 0 spiro atoms. The van der Waals surface area contributed by atoms with Gasteiger partial charge in [-0.1, -0.05) is 50.6 Å². The number of hydrogen-bond donors (Lipinski definition) is 3. The van der Waals surface area contributed by atoms with Crippen molar-refractivity contribution in [2.75, 3.05) is 6.61 Å². The van der Waals surface area contributed by atoms with Gasteiger partial charge in [0.2, 0.25) is 0 Å². The highest BCUT2D eigenvalue weighted by Gasteiger charge is 2.75. The van der Waals surface area contributed by atoms with Gasteiger partial charge in [-0.15, -0.1) is 9.24 Å². The van der Waals surface area contributed by atoms with Gasteiger partial charge in [0.15, 0.2) is 5.78 Å². The van der Waals surface area contributed by atoms with Gasteiger partial charge in [-0.25, -0.2) is 4.39 Å². The fourth-order valence-electron chi connectivity index (χ4n) is 9.28. The second kappa shape index (κ2) is 9.04. The number of aromatic nitrogens is 2. The lowest BCUT2D eigenvalue weighted by atomic mass is 9.43. The van der Waals surface area contributed by atoms with Crippen LogP contribution in [0.5, 0.6) is 0 Å². The van der Waals surface area contributed by atoms with Crippen LogP contribution in [0.3, 0.4) is 0 Å². The van der Waals surface area contributed by atoms with Gasteiger partial charge in [0, 0.05) is 22.9 Å². The van der Waals surface area contributed by atoms with E-state index >= 15 is 4.39 Å². The number of Topliss-reactive ketones (excluding diaryl/α,β-unsaturated/α-hetero) is 1. The Kier molecular flexibility index (Phi) is 6.32. The van der Waals surface area contributed by atoms with Crippen molar-refractivity contribution < 1.29 is 24.5 Å². The van der Waals surface area contributed by atoms with E-state index < -0.39 is 52.4 Å². The summed E-state index contributed by atoms with van der Waals surface area (Å²) >= 11 is 0. The molecule has 3 N–H and O–H groups in total. The van der Waals surface area contributed by atoms with Gasteiger partial charge >= 0.3 is 0 Å². The quantitative estimate of drug-likeness (QED) is 0.484. The molecule has 0 radical (unpaired) electrons. The standard InChI is InChI=1S/C31H40FN2O4P/c1-18-9-24-23-8-7-22-11-25-21(15-34(33-25)14-19-5-4-6-20(10-19)17-39)12-28(22,2)30(23,32)26(36)13-29(24,3)31(18,38)27(37)16-35/h4-6,10-11,15,18,23-24,26,35-36,38H,7-9,12-14,16-17,39H2,1-3H3/t18-,23+,24+,26+,28+,29+,30+,31+/m1/s1. The molecule has 1 aromatic heterocycles. The Labute approximate surface area is 231 Å². The van der Waals surface area contributed by atoms with Gasteiger partial charge in [-0.05, 0) is 72.9 Å². The van der Waals surface area contributed by atoms with Crippen molar-refractivity contribution in [3.05, 3.63) is 58.4 Å². The largest absolute Gasteiger partial charge is 0.390 e. The Morgan fingerprint density at radius 1 is 1.26 bits per heavy atom. The smallest absolute Gasteiger partial charge is 0.190 e. The predicted octanol–water partition coefficient (Wildman–Crippen LogP) is 4.09. The molecule has 0 aliphatic heterocycles. The van der Waals surface area contributed by atoms with Gasteiger partial charge in [-0.3, -0.25) is 9.48 Å². The number of nitrogens with zero attached hydrogens (tertiary/aromatic N) is 2. The van der Waals surface area contributed by atoms with Crippen LogP contribution in [-0.2, 0) is 23.9 Å². The number of allylic oxidation sites excluding steroid dienone is 1. The van der Waals surface area contributed by atoms with Crippen molar-refractivity contribution >= 4 is 21.1 Å². The van der Waals surface area contributed by atoms with Crippen LogP contribution in [0.15, 0.2) is 36.0 Å². The first-order chi connectivity index (χ1) is 18.4. The number of carbonyl (C=O) groups excluding carboxylic acids is 1. The molecule has 6 nitrogen and oxygen atoms in total. The lowest BCUT2D eigenvalue weighted by Gasteiger charge is -2.63. The van der Waals surface area contributed by atoms with Crippen molar-refractivity contribution in [1.29, 1.82) is 0 Å². The van der Waals surface area contributed by atoms with E-state index in [1.165, 1.54) is 5.56 Å². The average Bonchev–Trinajstić information content (AvgIpc) is 3.38. The lowest BCUT2D eigenvalue weighted by molar-refractivity contribution is -0.226. The number of rotatable bonds is 5. The van der Waals surface area contributed by atoms with E-state index in [1.807, 2.05) is 37.7 Å². The zero-order chi connectivity index (χ0) is 28.0. The molecule has 2 aromatic rings. The molecule has 1 aromatic carbocycles. The first-order valence-corrected chi connectivity index (χ1v) is 15.0. The lowest BCUT2D eigenvalue weighted by Crippen LogP contribution is -2.70. The van der Waals surface area contributed by atoms with E-state index in [4.69, 9.17) is 5.10 Å². The van der Waals surface area contributed by atoms with E-state index in [1.54, 1.807) is 0 Å². The molecule has 1 heterocycles. The maximum Gasteiger partial charge on any atom is 0.190 e. The van der Waals surface area contributed by atoms with Crippen molar-refractivity contribution in [3.63, 3.8) is 0 Å². The molecule has 3 fully saturated rings. The second-order valence-corrected chi connectivity index (χ2v) is 13.5. The van der Waals surface area contributed by atoms with Crippen LogP contribution in [-0.4, -0.2) is 54.9 Å². The van der Waals surface area contributed by atoms with Crippen LogP contribution in [0.4, 0.5) is 4.39 Å². The molecule has 0 amide bonds. The van der Waals surface area contributed by atoms with Crippen LogP contribution < -0.4 is 0 Å². The van der Waals surface area contributed by atoms with Crippen molar-refractivity contribution in [3.8, 4) is 0 Å². The third kappa shape index (κ3) is 3.52. The molecular formula is C31H40FN2O4P. The highest BCUT2D eigenvalue weighted by molar-refractivity contribution is 7.15. The van der Waals surface area contributed by atoms with Crippen molar-refractivity contribution in [2.24, 2.45) is 28.6 Å². The summed E-state index contributed by atoms with van der Waals surface area (Å²) in [5.41, 5.74) is -0.349. The summed E-state index contributed by atoms with van der Waals surface area (Å²) in [5.74, 6) is -1.82. The van der Waals surface area contributed by atoms with Gasteiger partial charge in [-0.2, -0.15) is 5.10 Å². The number of alkyl halides is 1. The molecule has 6 rings (SSSR count). The summed E-state index contributed by atoms with van der Waals surface area (Å²) in [7, 11) is 2.75. The van der Waals surface area contributed by atoms with Crippen molar-refractivity contribution in [2.45, 2.75) is 83.0 Å². The monoisotopic (exact) mass is 554 g/mol. The summed E-state index contributed by atoms with van der Waals surface area (Å²) in [5, 5.41) is 37.9. The molecule has 8 heteroatoms. The molecule has 3 saturated carbocycles. The van der Waals surface area contributed by atoms with Gasteiger partial charge in [0.05, 0.1) is 18.3 Å². The third-order valence-corrected chi connectivity index (χ3v) is 11.8. The van der Waals surface area contributed by atoms with Crippen LogP contribution in [0.2, 0.25) is 0 Å². The first-order valence-electron chi connectivity index (χ1n) is 14.2. The van der Waals surface area contributed by atoms with Gasteiger partial charge in [0.25, 0.3) is 0 Å².